The van der Waals surface area contributed by atoms with Crippen molar-refractivity contribution in [3.05, 3.63) is 53.1 Å². The standard InChI is InChI=1S/C22H25ClN2/c23-20-10-17(1-6-21(20)25-19-4-2-18(24)3-5-19)22-11-14-7-15(12-22)9-16(8-14)13-22/h1-6,10,14-16,25H,7-9,11-13,24H2. The maximum absolute atomic E-state index is 6.66. The molecule has 4 fully saturated rings. The fraction of sp³-hybridized carbons (Fsp3) is 0.455. The van der Waals surface area contributed by atoms with E-state index >= 15 is 0 Å². The number of hydrogen-bond acceptors (Lipinski definition) is 2. The molecule has 25 heavy (non-hydrogen) atoms. The van der Waals surface area contributed by atoms with Crippen LogP contribution in [0.4, 0.5) is 17.1 Å². The molecular formula is C22H25ClN2. The second-order valence-corrected chi connectivity index (χ2v) is 9.05. The molecule has 2 aromatic carbocycles. The van der Waals surface area contributed by atoms with E-state index in [0.717, 1.165) is 39.8 Å². The molecule has 3 heteroatoms. The van der Waals surface area contributed by atoms with E-state index in [-0.39, 0.29) is 0 Å². The molecule has 0 heterocycles. The van der Waals surface area contributed by atoms with Crippen molar-refractivity contribution in [3.63, 3.8) is 0 Å². The van der Waals surface area contributed by atoms with E-state index in [1.807, 2.05) is 24.3 Å². The summed E-state index contributed by atoms with van der Waals surface area (Å²) in [7, 11) is 0. The topological polar surface area (TPSA) is 38.0 Å². The number of nitrogen functional groups attached to an aromatic ring is 1. The van der Waals surface area contributed by atoms with Crippen LogP contribution in [0.1, 0.15) is 44.1 Å². The molecule has 4 bridgehead atoms. The highest BCUT2D eigenvalue weighted by Crippen LogP contribution is 2.61. The molecule has 4 aliphatic carbocycles. The first-order chi connectivity index (χ1) is 12.1. The van der Waals surface area contributed by atoms with E-state index in [1.54, 1.807) is 0 Å². The third-order valence-corrected chi connectivity index (χ3v) is 7.12. The van der Waals surface area contributed by atoms with Crippen molar-refractivity contribution in [1.29, 1.82) is 0 Å². The molecule has 0 spiro atoms. The molecule has 0 atom stereocenters. The minimum absolute atomic E-state index is 0.401. The summed E-state index contributed by atoms with van der Waals surface area (Å²) >= 11 is 6.66. The summed E-state index contributed by atoms with van der Waals surface area (Å²) in [5, 5.41) is 4.24. The van der Waals surface area contributed by atoms with Gasteiger partial charge in [-0.05, 0) is 104 Å². The molecule has 4 saturated carbocycles. The quantitative estimate of drug-likeness (QED) is 0.651. The average Bonchev–Trinajstić information content (AvgIpc) is 2.57. The smallest absolute Gasteiger partial charge is 0.0643 e. The Balaban J connectivity index is 1.42. The average molecular weight is 353 g/mol. The lowest BCUT2D eigenvalue weighted by Gasteiger charge is -2.57. The molecule has 0 aromatic heterocycles. The Morgan fingerprint density at radius 2 is 1.48 bits per heavy atom. The number of nitrogens with two attached hydrogens (primary N) is 1. The minimum Gasteiger partial charge on any atom is -0.399 e. The van der Waals surface area contributed by atoms with Crippen LogP contribution in [0.2, 0.25) is 5.02 Å². The zero-order valence-electron chi connectivity index (χ0n) is 14.5. The van der Waals surface area contributed by atoms with Gasteiger partial charge in [0.05, 0.1) is 10.7 Å². The first kappa shape index (κ1) is 15.6. The summed E-state index contributed by atoms with van der Waals surface area (Å²) in [6.45, 7) is 0. The number of anilines is 3. The predicted molar refractivity (Wildman–Crippen MR) is 105 cm³/mol. The minimum atomic E-state index is 0.401. The van der Waals surface area contributed by atoms with E-state index in [2.05, 4.69) is 23.5 Å². The molecule has 6 rings (SSSR count). The number of benzene rings is 2. The third-order valence-electron chi connectivity index (χ3n) is 6.81. The van der Waals surface area contributed by atoms with Crippen LogP contribution in [0.5, 0.6) is 0 Å². The Hall–Kier alpha value is -1.67. The maximum Gasteiger partial charge on any atom is 0.0643 e. The van der Waals surface area contributed by atoms with E-state index < -0.39 is 0 Å². The molecule has 130 valence electrons. The van der Waals surface area contributed by atoms with Gasteiger partial charge in [-0.25, -0.2) is 0 Å². The lowest BCUT2D eigenvalue weighted by molar-refractivity contribution is -0.00517. The van der Waals surface area contributed by atoms with E-state index in [9.17, 15) is 0 Å². The molecule has 0 unspecified atom stereocenters. The van der Waals surface area contributed by atoms with Gasteiger partial charge in [0.2, 0.25) is 0 Å². The summed E-state index contributed by atoms with van der Waals surface area (Å²) in [4.78, 5) is 0. The Kier molecular flexibility index (Phi) is 3.53. The van der Waals surface area contributed by atoms with Gasteiger partial charge in [0.15, 0.2) is 0 Å². The van der Waals surface area contributed by atoms with Gasteiger partial charge in [0.25, 0.3) is 0 Å². The highest BCUT2D eigenvalue weighted by molar-refractivity contribution is 6.33. The number of nitrogens with one attached hydrogen (secondary N) is 1. The maximum atomic E-state index is 6.66. The number of halogens is 1. The zero-order valence-corrected chi connectivity index (χ0v) is 15.2. The van der Waals surface area contributed by atoms with E-state index in [0.29, 0.717) is 5.41 Å². The van der Waals surface area contributed by atoms with Crippen LogP contribution in [-0.4, -0.2) is 0 Å². The lowest BCUT2D eigenvalue weighted by Crippen LogP contribution is -2.48. The van der Waals surface area contributed by atoms with E-state index in [1.165, 1.54) is 44.1 Å². The molecule has 0 radical (unpaired) electrons. The van der Waals surface area contributed by atoms with Gasteiger partial charge in [-0.1, -0.05) is 17.7 Å². The Morgan fingerprint density at radius 3 is 2.04 bits per heavy atom. The van der Waals surface area contributed by atoms with Crippen molar-refractivity contribution in [1.82, 2.24) is 0 Å². The molecule has 0 amide bonds. The molecule has 4 aliphatic rings. The van der Waals surface area contributed by atoms with Crippen molar-refractivity contribution in [2.75, 3.05) is 11.1 Å². The highest BCUT2D eigenvalue weighted by Gasteiger charge is 2.51. The van der Waals surface area contributed by atoms with Crippen LogP contribution in [0.3, 0.4) is 0 Å². The van der Waals surface area contributed by atoms with Crippen molar-refractivity contribution in [2.24, 2.45) is 17.8 Å². The van der Waals surface area contributed by atoms with Gasteiger partial charge in [0.1, 0.15) is 0 Å². The molecule has 2 nitrogen and oxygen atoms in total. The molecule has 0 saturated heterocycles. The van der Waals surface area contributed by atoms with E-state index in [4.69, 9.17) is 17.3 Å². The fourth-order valence-electron chi connectivity index (χ4n) is 6.13. The first-order valence-corrected chi connectivity index (χ1v) is 9.90. The van der Waals surface area contributed by atoms with Gasteiger partial charge in [-0.3, -0.25) is 0 Å². The van der Waals surface area contributed by atoms with Gasteiger partial charge >= 0.3 is 0 Å². The Bertz CT molecular complexity index is 761. The van der Waals surface area contributed by atoms with Crippen molar-refractivity contribution >= 4 is 28.7 Å². The van der Waals surface area contributed by atoms with Crippen molar-refractivity contribution in [3.8, 4) is 0 Å². The second-order valence-electron chi connectivity index (χ2n) is 8.64. The summed E-state index contributed by atoms with van der Waals surface area (Å²) in [6.07, 6.45) is 8.55. The molecule has 3 N–H and O–H groups in total. The molecular weight excluding hydrogens is 328 g/mol. The fourth-order valence-corrected chi connectivity index (χ4v) is 6.36. The van der Waals surface area contributed by atoms with Crippen molar-refractivity contribution < 1.29 is 0 Å². The van der Waals surface area contributed by atoms with Gasteiger partial charge < -0.3 is 11.1 Å². The number of rotatable bonds is 3. The van der Waals surface area contributed by atoms with Crippen LogP contribution >= 0.6 is 11.6 Å². The summed E-state index contributed by atoms with van der Waals surface area (Å²) in [5.41, 5.74) is 10.4. The normalized spacial score (nSPS) is 32.8. The van der Waals surface area contributed by atoms with Gasteiger partial charge in [-0.15, -0.1) is 0 Å². The van der Waals surface area contributed by atoms with Crippen LogP contribution < -0.4 is 11.1 Å². The predicted octanol–water partition coefficient (Wildman–Crippen LogP) is 6.13. The summed E-state index contributed by atoms with van der Waals surface area (Å²) in [6, 6.07) is 14.5. The van der Waals surface area contributed by atoms with Crippen LogP contribution in [0.25, 0.3) is 0 Å². The Morgan fingerprint density at radius 1 is 0.880 bits per heavy atom. The largest absolute Gasteiger partial charge is 0.399 e. The van der Waals surface area contributed by atoms with Crippen LogP contribution in [0, 0.1) is 17.8 Å². The van der Waals surface area contributed by atoms with Gasteiger partial charge in [-0.2, -0.15) is 0 Å². The second kappa shape index (κ2) is 5.67. The van der Waals surface area contributed by atoms with Crippen LogP contribution in [0.15, 0.2) is 42.5 Å². The summed E-state index contributed by atoms with van der Waals surface area (Å²) < 4.78 is 0. The monoisotopic (exact) mass is 352 g/mol. The third kappa shape index (κ3) is 2.71. The number of hydrogen-bond donors (Lipinski definition) is 2. The van der Waals surface area contributed by atoms with Crippen LogP contribution in [-0.2, 0) is 5.41 Å². The SMILES string of the molecule is Nc1ccc(Nc2ccc(C34CC5CC(CC(C5)C3)C4)cc2Cl)cc1. The summed E-state index contributed by atoms with van der Waals surface area (Å²) in [5.74, 6) is 2.87. The first-order valence-electron chi connectivity index (χ1n) is 9.52. The molecule has 2 aromatic rings. The molecule has 0 aliphatic heterocycles. The zero-order chi connectivity index (χ0) is 17.0. The van der Waals surface area contributed by atoms with Gasteiger partial charge in [0, 0.05) is 11.4 Å². The van der Waals surface area contributed by atoms with Crippen molar-refractivity contribution in [2.45, 2.75) is 43.9 Å². The Labute approximate surface area is 154 Å². The highest BCUT2D eigenvalue weighted by atomic mass is 35.5. The lowest BCUT2D eigenvalue weighted by atomic mass is 9.48.